The lowest BCUT2D eigenvalue weighted by atomic mass is 9.82. The predicted molar refractivity (Wildman–Crippen MR) is 124 cm³/mol. The maximum absolute atomic E-state index is 13.5. The van der Waals surface area contributed by atoms with E-state index in [-0.39, 0.29) is 5.56 Å². The van der Waals surface area contributed by atoms with Crippen LogP contribution in [0, 0.1) is 5.92 Å². The molecule has 1 saturated heterocycles. The molecule has 4 heteroatoms. The minimum absolute atomic E-state index is 0.185. The minimum Gasteiger partial charge on any atom is -0.311 e. The first-order valence-electron chi connectivity index (χ1n) is 10.7. The van der Waals surface area contributed by atoms with Gasteiger partial charge in [0.05, 0.1) is 5.56 Å². The van der Waals surface area contributed by atoms with Crippen molar-refractivity contribution in [2.45, 2.75) is 25.4 Å². The van der Waals surface area contributed by atoms with Crippen molar-refractivity contribution in [3.05, 3.63) is 94.4 Å². The van der Waals surface area contributed by atoms with Crippen LogP contribution in [0.1, 0.15) is 23.6 Å². The summed E-state index contributed by atoms with van der Waals surface area (Å²) in [5, 5.41) is 1.22. The Bertz CT molecular complexity index is 1240. The summed E-state index contributed by atoms with van der Waals surface area (Å²) >= 11 is 1.72. The van der Waals surface area contributed by atoms with Crippen molar-refractivity contribution in [3.8, 4) is 10.4 Å². The van der Waals surface area contributed by atoms with E-state index in [4.69, 9.17) is 0 Å². The average molecular weight is 413 g/mol. The molecular formula is C26H24N2OS. The molecule has 0 amide bonds. The summed E-state index contributed by atoms with van der Waals surface area (Å²) in [5.74, 6) is 1.00. The zero-order chi connectivity index (χ0) is 20.1. The van der Waals surface area contributed by atoms with Crippen LogP contribution in [0.3, 0.4) is 0 Å². The van der Waals surface area contributed by atoms with E-state index in [0.717, 1.165) is 36.6 Å². The first-order chi connectivity index (χ1) is 14.7. The van der Waals surface area contributed by atoms with Gasteiger partial charge < -0.3 is 4.57 Å². The van der Waals surface area contributed by atoms with Gasteiger partial charge >= 0.3 is 0 Å². The second-order valence-corrected chi connectivity index (χ2v) is 9.80. The van der Waals surface area contributed by atoms with Gasteiger partial charge in [0.15, 0.2) is 0 Å². The van der Waals surface area contributed by atoms with E-state index in [1.54, 1.807) is 11.3 Å². The zero-order valence-electron chi connectivity index (χ0n) is 16.8. The Morgan fingerprint density at radius 3 is 2.60 bits per heavy atom. The van der Waals surface area contributed by atoms with Crippen molar-refractivity contribution >= 4 is 21.4 Å². The Hall–Kier alpha value is -2.69. The highest BCUT2D eigenvalue weighted by Gasteiger charge is 2.35. The SMILES string of the molecule is O=c1c(-c2cc3ccccc3s2)ccc2n1C[C@@H]1C[C@@H]2CN(Cc2ccccc2)C1. The minimum atomic E-state index is 0.185. The van der Waals surface area contributed by atoms with E-state index in [9.17, 15) is 4.79 Å². The van der Waals surface area contributed by atoms with Crippen LogP contribution < -0.4 is 5.56 Å². The van der Waals surface area contributed by atoms with Gasteiger partial charge in [-0.3, -0.25) is 9.69 Å². The average Bonchev–Trinajstić information content (AvgIpc) is 3.19. The molecule has 2 atom stereocenters. The predicted octanol–water partition coefficient (Wildman–Crippen LogP) is 5.35. The molecule has 150 valence electrons. The van der Waals surface area contributed by atoms with Gasteiger partial charge in [-0.2, -0.15) is 0 Å². The van der Waals surface area contributed by atoms with Crippen molar-refractivity contribution < 1.29 is 0 Å². The summed E-state index contributed by atoms with van der Waals surface area (Å²) in [6.45, 7) is 3.95. The zero-order valence-corrected chi connectivity index (χ0v) is 17.6. The fourth-order valence-corrected chi connectivity index (χ4v) is 6.40. The standard InChI is InChI=1S/C26H24N2OS/c29-26-22(25-13-20-8-4-5-9-24(20)30-25)10-11-23-21-12-19(16-28(23)26)15-27(17-21)14-18-6-2-1-3-7-18/h1-11,13,19,21H,12,14-17H2/t19-,21-/m1/s1. The molecule has 4 heterocycles. The fourth-order valence-electron chi connectivity index (χ4n) is 5.32. The fraction of sp³-hybridized carbons (Fsp3) is 0.269. The maximum atomic E-state index is 13.5. The van der Waals surface area contributed by atoms with E-state index >= 15 is 0 Å². The third kappa shape index (κ3) is 3.11. The van der Waals surface area contributed by atoms with Gasteiger partial charge in [-0.25, -0.2) is 0 Å². The topological polar surface area (TPSA) is 25.2 Å². The van der Waals surface area contributed by atoms with Gasteiger partial charge in [-0.15, -0.1) is 11.3 Å². The summed E-state index contributed by atoms with van der Waals surface area (Å²) < 4.78 is 3.32. The molecule has 0 aliphatic carbocycles. The van der Waals surface area contributed by atoms with Gasteiger partial charge in [0.25, 0.3) is 5.56 Å². The lowest BCUT2D eigenvalue weighted by Crippen LogP contribution is -2.46. The van der Waals surface area contributed by atoms with Crippen LogP contribution in [0.5, 0.6) is 0 Å². The van der Waals surface area contributed by atoms with Crippen molar-refractivity contribution in [2.24, 2.45) is 5.92 Å². The monoisotopic (exact) mass is 412 g/mol. The van der Waals surface area contributed by atoms with Crippen molar-refractivity contribution in [2.75, 3.05) is 13.1 Å². The van der Waals surface area contributed by atoms with Gasteiger partial charge in [0.2, 0.25) is 0 Å². The van der Waals surface area contributed by atoms with Crippen molar-refractivity contribution in [1.82, 2.24) is 9.47 Å². The van der Waals surface area contributed by atoms with E-state index in [0.29, 0.717) is 11.8 Å². The molecule has 3 nitrogen and oxygen atoms in total. The largest absolute Gasteiger partial charge is 0.311 e. The van der Waals surface area contributed by atoms with Crippen LogP contribution in [0.25, 0.3) is 20.5 Å². The summed E-state index contributed by atoms with van der Waals surface area (Å²) in [7, 11) is 0. The van der Waals surface area contributed by atoms with Crippen molar-refractivity contribution in [1.29, 1.82) is 0 Å². The number of aromatic nitrogens is 1. The first-order valence-corrected chi connectivity index (χ1v) is 11.6. The maximum Gasteiger partial charge on any atom is 0.259 e. The molecule has 1 fully saturated rings. The molecule has 6 rings (SSSR count). The molecule has 2 aromatic carbocycles. The first kappa shape index (κ1) is 18.1. The molecule has 4 aromatic rings. The van der Waals surface area contributed by atoms with Crippen LogP contribution in [-0.4, -0.2) is 22.6 Å². The number of hydrogen-bond donors (Lipinski definition) is 0. The molecule has 0 saturated carbocycles. The van der Waals surface area contributed by atoms with Crippen LogP contribution in [0.15, 0.2) is 77.6 Å². The van der Waals surface area contributed by atoms with Crippen LogP contribution >= 0.6 is 11.3 Å². The highest BCUT2D eigenvalue weighted by molar-refractivity contribution is 7.22. The smallest absolute Gasteiger partial charge is 0.259 e. The van der Waals surface area contributed by atoms with E-state index < -0.39 is 0 Å². The van der Waals surface area contributed by atoms with Crippen LogP contribution in [0.2, 0.25) is 0 Å². The Labute approximate surface area is 180 Å². The Morgan fingerprint density at radius 1 is 0.900 bits per heavy atom. The number of benzene rings is 2. The second kappa shape index (κ2) is 7.22. The lowest BCUT2D eigenvalue weighted by molar-refractivity contribution is 0.114. The normalized spacial score (nSPS) is 20.9. The number of rotatable bonds is 3. The number of nitrogens with zero attached hydrogens (tertiary/aromatic N) is 2. The molecule has 2 aromatic heterocycles. The third-order valence-corrected chi connectivity index (χ3v) is 7.77. The number of pyridine rings is 1. The van der Waals surface area contributed by atoms with E-state index in [1.165, 1.54) is 27.8 Å². The summed E-state index contributed by atoms with van der Waals surface area (Å²) in [6.07, 6.45) is 1.20. The third-order valence-electron chi connectivity index (χ3n) is 6.62. The van der Waals surface area contributed by atoms with Crippen LogP contribution in [-0.2, 0) is 13.1 Å². The van der Waals surface area contributed by atoms with E-state index in [1.807, 2.05) is 0 Å². The summed E-state index contributed by atoms with van der Waals surface area (Å²) in [6, 6.07) is 25.5. The lowest BCUT2D eigenvalue weighted by Gasteiger charge is -2.43. The van der Waals surface area contributed by atoms with E-state index in [2.05, 4.69) is 82.3 Å². The second-order valence-electron chi connectivity index (χ2n) is 8.71. The summed E-state index contributed by atoms with van der Waals surface area (Å²) in [4.78, 5) is 17.1. The molecule has 2 aliphatic heterocycles. The number of likely N-dealkylation sites (tertiary alicyclic amines) is 1. The Kier molecular flexibility index (Phi) is 4.36. The van der Waals surface area contributed by atoms with Gasteiger partial charge in [0, 0.05) is 47.4 Å². The number of piperidine rings is 1. The molecular weight excluding hydrogens is 388 g/mol. The quantitative estimate of drug-likeness (QED) is 0.453. The van der Waals surface area contributed by atoms with Gasteiger partial charge in [0.1, 0.15) is 0 Å². The highest BCUT2D eigenvalue weighted by atomic mass is 32.1. The molecule has 2 aliphatic rings. The molecule has 2 bridgehead atoms. The van der Waals surface area contributed by atoms with Gasteiger partial charge in [-0.05, 0) is 47.6 Å². The molecule has 0 unspecified atom stereocenters. The van der Waals surface area contributed by atoms with Gasteiger partial charge in [-0.1, -0.05) is 48.5 Å². The number of hydrogen-bond acceptors (Lipinski definition) is 3. The number of thiophene rings is 1. The molecule has 30 heavy (non-hydrogen) atoms. The Balaban J connectivity index is 1.32. The highest BCUT2D eigenvalue weighted by Crippen LogP contribution is 2.37. The Morgan fingerprint density at radius 2 is 1.73 bits per heavy atom. The number of fused-ring (bicyclic) bond motifs is 5. The summed E-state index contributed by atoms with van der Waals surface area (Å²) in [5.41, 5.74) is 3.63. The molecule has 0 N–H and O–H groups in total. The molecule has 0 radical (unpaired) electrons. The molecule has 0 spiro atoms. The van der Waals surface area contributed by atoms with Crippen molar-refractivity contribution in [3.63, 3.8) is 0 Å². The van der Waals surface area contributed by atoms with Crippen LogP contribution in [0.4, 0.5) is 0 Å².